The van der Waals surface area contributed by atoms with Crippen LogP contribution in [0.25, 0.3) is 0 Å². The highest BCUT2D eigenvalue weighted by Gasteiger charge is 2.15. The number of aliphatic hydroxyl groups is 1. The minimum absolute atomic E-state index is 0.0792. The molecule has 0 saturated heterocycles. The maximum Gasteiger partial charge on any atom is 0.407 e. The van der Waals surface area contributed by atoms with Crippen LogP contribution in [0.15, 0.2) is 30.3 Å². The molecule has 0 fully saturated rings. The van der Waals surface area contributed by atoms with Gasteiger partial charge >= 0.3 is 6.09 Å². The lowest BCUT2D eigenvalue weighted by molar-refractivity contribution is -0.129. The molecule has 0 bridgehead atoms. The number of aliphatic hydroxyl groups excluding tert-OH is 1. The molecule has 1 amide bonds. The topological polar surface area (TPSA) is 84.9 Å². The van der Waals surface area contributed by atoms with Crippen LogP contribution < -0.4 is 5.32 Å². The lowest BCUT2D eigenvalue weighted by Gasteiger charge is -2.19. The Morgan fingerprint density at radius 1 is 1.19 bits per heavy atom. The predicted octanol–water partition coefficient (Wildman–Crippen LogP) is 3.53. The van der Waals surface area contributed by atoms with Crippen LogP contribution in [0.5, 0.6) is 0 Å². The van der Waals surface area contributed by atoms with E-state index in [1.165, 1.54) is 0 Å². The Hall–Kier alpha value is -2.52. The molecule has 0 radical (unpaired) electrons. The molecule has 0 aliphatic carbocycles. The summed E-state index contributed by atoms with van der Waals surface area (Å²) in [6, 6.07) is 9.55. The summed E-state index contributed by atoms with van der Waals surface area (Å²) in [5.41, 5.74) is 0.554. The van der Waals surface area contributed by atoms with E-state index in [0.717, 1.165) is 5.56 Å². The van der Waals surface area contributed by atoms with E-state index >= 15 is 0 Å². The second-order valence-electron chi connectivity index (χ2n) is 5.40. The van der Waals surface area contributed by atoms with Crippen LogP contribution in [0.2, 0.25) is 0 Å². The van der Waals surface area contributed by atoms with E-state index in [1.54, 1.807) is 20.8 Å². The van der Waals surface area contributed by atoms with E-state index in [0.29, 0.717) is 26.0 Å². The lowest BCUT2D eigenvalue weighted by Crippen LogP contribution is -2.33. The molecule has 0 aliphatic heterocycles. The Labute approximate surface area is 157 Å². The quantitative estimate of drug-likeness (QED) is 0.456. The van der Waals surface area contributed by atoms with E-state index in [-0.39, 0.29) is 6.61 Å². The monoisotopic (exact) mass is 367 g/mol. The highest BCUT2D eigenvalue weighted by molar-refractivity contribution is 5.67. The van der Waals surface area contributed by atoms with Crippen molar-refractivity contribution in [2.75, 3.05) is 13.2 Å². The Balaban J connectivity index is -0.000000344. The molecule has 0 atom stereocenters. The number of benzene rings is 1. The lowest BCUT2D eigenvalue weighted by atomic mass is 10.2. The first-order chi connectivity index (χ1) is 12.4. The Kier molecular flexibility index (Phi) is 22.3. The van der Waals surface area contributed by atoms with Gasteiger partial charge in [0.1, 0.15) is 12.2 Å². The SMILES string of the molecule is C#C.CC.CC(C)(C)OC(=O)NCCCO.O=COCc1ccccc1. The van der Waals surface area contributed by atoms with Crippen molar-refractivity contribution in [2.45, 2.75) is 53.2 Å². The van der Waals surface area contributed by atoms with Gasteiger partial charge in [-0.05, 0) is 32.8 Å². The van der Waals surface area contributed by atoms with Crippen LogP contribution in [-0.4, -0.2) is 36.4 Å². The number of hydrogen-bond donors (Lipinski definition) is 2. The smallest absolute Gasteiger partial charge is 0.407 e. The van der Waals surface area contributed by atoms with Crippen molar-refractivity contribution < 1.29 is 24.2 Å². The zero-order chi connectivity index (χ0) is 20.8. The van der Waals surface area contributed by atoms with Gasteiger partial charge in [0.15, 0.2) is 0 Å². The summed E-state index contributed by atoms with van der Waals surface area (Å²) in [4.78, 5) is 20.7. The van der Waals surface area contributed by atoms with E-state index in [4.69, 9.17) is 9.84 Å². The van der Waals surface area contributed by atoms with Gasteiger partial charge in [-0.2, -0.15) is 0 Å². The number of amides is 1. The number of nitrogens with one attached hydrogen (secondary N) is 1. The summed E-state index contributed by atoms with van der Waals surface area (Å²) >= 11 is 0. The van der Waals surface area contributed by atoms with Crippen molar-refractivity contribution in [3.8, 4) is 12.8 Å². The first kappa shape index (κ1) is 28.3. The summed E-state index contributed by atoms with van der Waals surface area (Å²) in [5, 5.41) is 10.9. The number of carbonyl (C=O) groups excluding carboxylic acids is 2. The third kappa shape index (κ3) is 23.7. The number of alkyl carbamates (subject to hydrolysis) is 1. The molecule has 26 heavy (non-hydrogen) atoms. The molecule has 0 aliphatic rings. The third-order valence-corrected chi connectivity index (χ3v) is 2.16. The molecule has 0 heterocycles. The van der Waals surface area contributed by atoms with Crippen molar-refractivity contribution in [1.29, 1.82) is 0 Å². The molecule has 2 N–H and O–H groups in total. The van der Waals surface area contributed by atoms with E-state index < -0.39 is 11.7 Å². The van der Waals surface area contributed by atoms with Crippen molar-refractivity contribution in [2.24, 2.45) is 0 Å². The third-order valence-electron chi connectivity index (χ3n) is 2.16. The van der Waals surface area contributed by atoms with E-state index in [2.05, 4.69) is 22.9 Å². The Morgan fingerprint density at radius 3 is 2.15 bits per heavy atom. The highest BCUT2D eigenvalue weighted by atomic mass is 16.6. The molecule has 1 aromatic rings. The predicted molar refractivity (Wildman–Crippen MR) is 104 cm³/mol. The molecular weight excluding hydrogens is 334 g/mol. The second-order valence-corrected chi connectivity index (χ2v) is 5.40. The number of hydrogen-bond acceptors (Lipinski definition) is 5. The number of ether oxygens (including phenoxy) is 2. The molecule has 0 unspecified atom stereocenters. The van der Waals surface area contributed by atoms with Gasteiger partial charge in [0, 0.05) is 13.2 Å². The standard InChI is InChI=1S/C8H17NO3.C8H8O2.C2H6.C2H2/c1-8(2,3)12-7(11)9-5-4-6-10;9-7-10-6-8-4-2-1-3-5-8;2*1-2/h10H,4-6H2,1-3H3,(H,9,11);1-5,7H,6H2;1-2H3;1-2H. The fourth-order valence-corrected chi connectivity index (χ4v) is 1.29. The van der Waals surface area contributed by atoms with Crippen LogP contribution in [0, 0.1) is 12.8 Å². The fraction of sp³-hybridized carbons (Fsp3) is 0.500. The molecule has 1 rings (SSSR count). The van der Waals surface area contributed by atoms with Crippen molar-refractivity contribution in [1.82, 2.24) is 5.32 Å². The summed E-state index contributed by atoms with van der Waals surface area (Å²) < 4.78 is 9.49. The first-order valence-corrected chi connectivity index (χ1v) is 8.39. The fourth-order valence-electron chi connectivity index (χ4n) is 1.29. The summed E-state index contributed by atoms with van der Waals surface area (Å²) in [6.45, 7) is 10.8. The minimum atomic E-state index is -0.455. The Bertz CT molecular complexity index is 452. The normalized spacial score (nSPS) is 8.77. The second kappa shape index (κ2) is 20.5. The van der Waals surface area contributed by atoms with E-state index in [9.17, 15) is 9.59 Å². The van der Waals surface area contributed by atoms with Gasteiger partial charge in [-0.3, -0.25) is 4.79 Å². The van der Waals surface area contributed by atoms with Gasteiger partial charge in [-0.25, -0.2) is 4.79 Å². The summed E-state index contributed by atoms with van der Waals surface area (Å²) in [5.74, 6) is 0. The van der Waals surface area contributed by atoms with Gasteiger partial charge in [0.25, 0.3) is 6.47 Å². The van der Waals surface area contributed by atoms with Crippen molar-refractivity contribution in [3.05, 3.63) is 35.9 Å². The van der Waals surface area contributed by atoms with Gasteiger partial charge in [-0.15, -0.1) is 12.8 Å². The van der Waals surface area contributed by atoms with E-state index in [1.807, 2.05) is 44.2 Å². The molecule has 0 saturated carbocycles. The minimum Gasteiger partial charge on any atom is -0.463 e. The average Bonchev–Trinajstić information content (AvgIpc) is 2.63. The summed E-state index contributed by atoms with van der Waals surface area (Å²) in [7, 11) is 0. The number of terminal acetylenes is 1. The van der Waals surface area contributed by atoms with Gasteiger partial charge < -0.3 is 19.9 Å². The average molecular weight is 367 g/mol. The van der Waals surface area contributed by atoms with Gasteiger partial charge in [0.05, 0.1) is 0 Å². The largest absolute Gasteiger partial charge is 0.463 e. The maximum atomic E-state index is 10.9. The van der Waals surface area contributed by atoms with Crippen molar-refractivity contribution in [3.63, 3.8) is 0 Å². The van der Waals surface area contributed by atoms with Gasteiger partial charge in [0.2, 0.25) is 0 Å². The van der Waals surface area contributed by atoms with Crippen LogP contribution in [0.1, 0.15) is 46.6 Å². The highest BCUT2D eigenvalue weighted by Crippen LogP contribution is 2.06. The molecule has 6 heteroatoms. The van der Waals surface area contributed by atoms with Crippen LogP contribution in [0.4, 0.5) is 4.79 Å². The molecule has 6 nitrogen and oxygen atoms in total. The maximum absolute atomic E-state index is 10.9. The summed E-state index contributed by atoms with van der Waals surface area (Å²) in [6.07, 6.45) is 8.12. The van der Waals surface area contributed by atoms with Crippen LogP contribution in [-0.2, 0) is 20.9 Å². The zero-order valence-electron chi connectivity index (χ0n) is 16.5. The molecular formula is C20H33NO5. The van der Waals surface area contributed by atoms with Crippen LogP contribution >= 0.6 is 0 Å². The Morgan fingerprint density at radius 2 is 1.73 bits per heavy atom. The van der Waals surface area contributed by atoms with Crippen molar-refractivity contribution >= 4 is 12.6 Å². The molecule has 1 aromatic carbocycles. The van der Waals surface area contributed by atoms with Gasteiger partial charge in [-0.1, -0.05) is 44.2 Å². The molecule has 0 spiro atoms. The number of rotatable bonds is 6. The molecule has 0 aromatic heterocycles. The van der Waals surface area contributed by atoms with Crippen LogP contribution in [0.3, 0.4) is 0 Å². The first-order valence-electron chi connectivity index (χ1n) is 8.39. The molecule has 148 valence electrons. The number of carbonyl (C=O) groups is 2. The zero-order valence-corrected chi connectivity index (χ0v) is 16.5.